The van der Waals surface area contributed by atoms with Crippen LogP contribution >= 0.6 is 34.7 Å². The molecule has 1 fully saturated rings. The number of rotatable bonds is 6. The maximum absolute atomic E-state index is 12.1. The molecule has 1 aromatic heterocycles. The molecule has 1 aliphatic rings. The van der Waals surface area contributed by atoms with E-state index in [1.807, 2.05) is 10.3 Å². The summed E-state index contributed by atoms with van der Waals surface area (Å²) < 4.78 is 0.801. The smallest absolute Gasteiger partial charge is 0.234 e. The number of hydrogen-bond donors (Lipinski definition) is 1. The van der Waals surface area contributed by atoms with Gasteiger partial charge in [-0.25, -0.2) is 4.98 Å². The summed E-state index contributed by atoms with van der Waals surface area (Å²) in [6.45, 7) is 1.71. The van der Waals surface area contributed by atoms with Crippen molar-refractivity contribution in [3.8, 4) is 0 Å². The number of likely N-dealkylation sites (tertiary alicyclic amines) is 1. The van der Waals surface area contributed by atoms with Gasteiger partial charge in [-0.15, -0.1) is 11.3 Å². The van der Waals surface area contributed by atoms with Crippen LogP contribution in [0.2, 0.25) is 5.02 Å². The molecule has 5 nitrogen and oxygen atoms in total. The summed E-state index contributed by atoms with van der Waals surface area (Å²) >= 11 is 8.66. The van der Waals surface area contributed by atoms with Crippen molar-refractivity contribution in [2.24, 2.45) is 0 Å². The second-order valence-corrected chi connectivity index (χ2v) is 8.23. The van der Waals surface area contributed by atoms with Crippen molar-refractivity contribution in [2.75, 3.05) is 24.2 Å². The zero-order chi connectivity index (χ0) is 17.6. The van der Waals surface area contributed by atoms with Gasteiger partial charge in [0.05, 0.1) is 17.9 Å². The minimum atomic E-state index is -0.0998. The lowest BCUT2D eigenvalue weighted by Crippen LogP contribution is -2.29. The van der Waals surface area contributed by atoms with E-state index in [1.54, 1.807) is 24.3 Å². The molecule has 1 N–H and O–H groups in total. The Morgan fingerprint density at radius 3 is 2.68 bits per heavy atom. The summed E-state index contributed by atoms with van der Waals surface area (Å²) in [4.78, 5) is 30.5. The Morgan fingerprint density at radius 1 is 1.24 bits per heavy atom. The maximum Gasteiger partial charge on any atom is 0.234 e. The predicted octanol–water partition coefficient (Wildman–Crippen LogP) is 3.69. The lowest BCUT2D eigenvalue weighted by atomic mass is 10.3. The number of anilines is 1. The first kappa shape index (κ1) is 18.2. The summed E-state index contributed by atoms with van der Waals surface area (Å²) in [7, 11) is 0. The standard InChI is InChI=1S/C17H18ClN3O2S2/c18-12-3-5-13(6-4-12)19-15(22)11-25-17-20-14(10-24-17)9-16(23)21-7-1-2-8-21/h3-6,10H,1-2,7-9,11H2,(H,19,22). The molecule has 0 atom stereocenters. The van der Waals surface area contributed by atoms with E-state index in [0.29, 0.717) is 17.1 Å². The summed E-state index contributed by atoms with van der Waals surface area (Å²) in [6, 6.07) is 6.98. The molecule has 0 radical (unpaired) electrons. The minimum Gasteiger partial charge on any atom is -0.342 e. The molecule has 1 aromatic carbocycles. The molecule has 25 heavy (non-hydrogen) atoms. The van der Waals surface area contributed by atoms with Crippen molar-refractivity contribution < 1.29 is 9.59 Å². The highest BCUT2D eigenvalue weighted by Crippen LogP contribution is 2.24. The number of carbonyl (C=O) groups is 2. The molecule has 1 saturated heterocycles. The third kappa shape index (κ3) is 5.45. The van der Waals surface area contributed by atoms with Crippen LogP contribution in [0.4, 0.5) is 5.69 Å². The third-order valence-corrected chi connectivity index (χ3v) is 6.10. The van der Waals surface area contributed by atoms with E-state index in [0.717, 1.165) is 36.0 Å². The molecule has 2 amide bonds. The van der Waals surface area contributed by atoms with E-state index in [9.17, 15) is 9.59 Å². The van der Waals surface area contributed by atoms with E-state index in [-0.39, 0.29) is 17.6 Å². The van der Waals surface area contributed by atoms with Gasteiger partial charge in [0.2, 0.25) is 11.8 Å². The molecule has 0 aliphatic carbocycles. The van der Waals surface area contributed by atoms with E-state index in [2.05, 4.69) is 10.3 Å². The van der Waals surface area contributed by atoms with Crippen molar-refractivity contribution >= 4 is 52.2 Å². The molecule has 1 aliphatic heterocycles. The Balaban J connectivity index is 1.45. The lowest BCUT2D eigenvalue weighted by Gasteiger charge is -2.13. The summed E-state index contributed by atoms with van der Waals surface area (Å²) in [6.07, 6.45) is 2.52. The molecule has 0 spiro atoms. The zero-order valence-electron chi connectivity index (χ0n) is 13.5. The van der Waals surface area contributed by atoms with E-state index in [4.69, 9.17) is 11.6 Å². The summed E-state index contributed by atoms with van der Waals surface area (Å²) in [5, 5.41) is 5.34. The maximum atomic E-state index is 12.1. The van der Waals surface area contributed by atoms with Crippen molar-refractivity contribution in [3.63, 3.8) is 0 Å². The quantitative estimate of drug-likeness (QED) is 0.757. The zero-order valence-corrected chi connectivity index (χ0v) is 15.9. The SMILES string of the molecule is O=C(CSc1nc(CC(=O)N2CCCC2)cs1)Nc1ccc(Cl)cc1. The van der Waals surface area contributed by atoms with Crippen molar-refractivity contribution in [1.82, 2.24) is 9.88 Å². The number of thioether (sulfide) groups is 1. The average Bonchev–Trinajstić information content (AvgIpc) is 3.27. The van der Waals surface area contributed by atoms with Gasteiger partial charge in [0.15, 0.2) is 4.34 Å². The van der Waals surface area contributed by atoms with Gasteiger partial charge in [0.1, 0.15) is 0 Å². The number of amides is 2. The lowest BCUT2D eigenvalue weighted by molar-refractivity contribution is -0.129. The highest BCUT2D eigenvalue weighted by Gasteiger charge is 2.19. The average molecular weight is 396 g/mol. The molecule has 0 saturated carbocycles. The monoisotopic (exact) mass is 395 g/mol. The van der Waals surface area contributed by atoms with Crippen molar-refractivity contribution in [3.05, 3.63) is 40.4 Å². The fourth-order valence-corrected chi connectivity index (χ4v) is 4.30. The highest BCUT2D eigenvalue weighted by atomic mass is 35.5. The first-order valence-corrected chi connectivity index (χ1v) is 10.2. The van der Waals surface area contributed by atoms with Gasteiger partial charge in [-0.3, -0.25) is 9.59 Å². The van der Waals surface area contributed by atoms with Crippen LogP contribution in [0.1, 0.15) is 18.5 Å². The molecule has 8 heteroatoms. The van der Waals surface area contributed by atoms with Crippen molar-refractivity contribution in [2.45, 2.75) is 23.6 Å². The largest absolute Gasteiger partial charge is 0.342 e. The van der Waals surface area contributed by atoms with E-state index >= 15 is 0 Å². The van der Waals surface area contributed by atoms with E-state index in [1.165, 1.54) is 23.1 Å². The molecular weight excluding hydrogens is 378 g/mol. The highest BCUT2D eigenvalue weighted by molar-refractivity contribution is 8.01. The number of aromatic nitrogens is 1. The van der Waals surface area contributed by atoms with Crippen LogP contribution in [-0.4, -0.2) is 40.5 Å². The Bertz CT molecular complexity index is 743. The van der Waals surface area contributed by atoms with Gasteiger partial charge < -0.3 is 10.2 Å². The summed E-state index contributed by atoms with van der Waals surface area (Å²) in [5.74, 6) is 0.312. The minimum absolute atomic E-state index is 0.0998. The Hall–Kier alpha value is -1.57. The van der Waals surface area contributed by atoms with Gasteiger partial charge in [-0.05, 0) is 37.1 Å². The molecular formula is C17H18ClN3O2S2. The Labute approximate surface area is 159 Å². The van der Waals surface area contributed by atoms with E-state index < -0.39 is 0 Å². The number of halogens is 1. The fraction of sp³-hybridized carbons (Fsp3) is 0.353. The van der Waals surface area contributed by atoms with Crippen LogP contribution in [0.5, 0.6) is 0 Å². The fourth-order valence-electron chi connectivity index (χ4n) is 2.53. The number of nitrogens with zero attached hydrogens (tertiary/aromatic N) is 2. The molecule has 0 unspecified atom stereocenters. The van der Waals surface area contributed by atoms with Crippen LogP contribution in [0, 0.1) is 0 Å². The number of thiazole rings is 1. The van der Waals surface area contributed by atoms with Crippen LogP contribution in [0.3, 0.4) is 0 Å². The summed E-state index contributed by atoms with van der Waals surface area (Å²) in [5.41, 5.74) is 1.49. The molecule has 2 aromatic rings. The number of hydrogen-bond acceptors (Lipinski definition) is 5. The number of nitrogens with one attached hydrogen (secondary N) is 1. The number of carbonyl (C=O) groups excluding carboxylic acids is 2. The van der Waals surface area contributed by atoms with Gasteiger partial charge in [0, 0.05) is 29.2 Å². The number of benzene rings is 1. The van der Waals surface area contributed by atoms with Crippen LogP contribution < -0.4 is 5.32 Å². The van der Waals surface area contributed by atoms with Crippen molar-refractivity contribution in [1.29, 1.82) is 0 Å². The Morgan fingerprint density at radius 2 is 1.96 bits per heavy atom. The molecule has 3 rings (SSSR count). The van der Waals surface area contributed by atoms with Crippen LogP contribution in [-0.2, 0) is 16.0 Å². The molecule has 0 bridgehead atoms. The van der Waals surface area contributed by atoms with Gasteiger partial charge in [0.25, 0.3) is 0 Å². The van der Waals surface area contributed by atoms with Gasteiger partial charge in [-0.2, -0.15) is 0 Å². The second-order valence-electron chi connectivity index (χ2n) is 5.71. The third-order valence-electron chi connectivity index (χ3n) is 3.78. The first-order valence-electron chi connectivity index (χ1n) is 8.00. The van der Waals surface area contributed by atoms with Gasteiger partial charge in [-0.1, -0.05) is 23.4 Å². The topological polar surface area (TPSA) is 62.3 Å². The van der Waals surface area contributed by atoms with Crippen LogP contribution in [0.25, 0.3) is 0 Å². The van der Waals surface area contributed by atoms with Crippen LogP contribution in [0.15, 0.2) is 34.0 Å². The predicted molar refractivity (Wildman–Crippen MR) is 102 cm³/mol. The second kappa shape index (κ2) is 8.69. The molecule has 2 heterocycles. The Kier molecular flexibility index (Phi) is 6.34. The molecule has 132 valence electrons. The first-order chi connectivity index (χ1) is 12.1. The van der Waals surface area contributed by atoms with Gasteiger partial charge >= 0.3 is 0 Å². The normalized spacial score (nSPS) is 13.9.